The summed E-state index contributed by atoms with van der Waals surface area (Å²) in [5, 5.41) is 3.46. The van der Waals surface area contributed by atoms with Gasteiger partial charge in [0, 0.05) is 6.54 Å². The van der Waals surface area contributed by atoms with E-state index in [2.05, 4.69) is 15.3 Å². The zero-order chi connectivity index (χ0) is 11.7. The fraction of sp³-hybridized carbons (Fsp3) is 0.385. The summed E-state index contributed by atoms with van der Waals surface area (Å²) in [6.45, 7) is 0.763. The lowest BCUT2D eigenvalue weighted by molar-refractivity contribution is 0.768. The Labute approximate surface area is 105 Å². The Kier molecular flexibility index (Phi) is 2.85. The molecule has 1 aromatic heterocycles. The van der Waals surface area contributed by atoms with Crippen LogP contribution in [0.25, 0.3) is 11.0 Å². The van der Waals surface area contributed by atoms with Gasteiger partial charge in [0.2, 0.25) is 0 Å². The minimum absolute atomic E-state index is 0.211. The average molecular weight is 248 g/mol. The number of nitrogens with zero attached hydrogens (tertiary/aromatic N) is 2. The molecule has 1 saturated carbocycles. The molecule has 1 aliphatic carbocycles. The molecule has 1 atom stereocenters. The largest absolute Gasteiger partial charge is 0.367 e. The summed E-state index contributed by atoms with van der Waals surface area (Å²) < 4.78 is 0. The summed E-state index contributed by atoms with van der Waals surface area (Å²) in [6, 6.07) is 7.86. The van der Waals surface area contributed by atoms with Gasteiger partial charge in [0.25, 0.3) is 0 Å². The monoisotopic (exact) mass is 247 g/mol. The number of nitrogens with one attached hydrogen (secondary N) is 1. The molecule has 0 radical (unpaired) electrons. The fourth-order valence-corrected chi connectivity index (χ4v) is 2.20. The quantitative estimate of drug-likeness (QED) is 0.844. The van der Waals surface area contributed by atoms with E-state index in [9.17, 15) is 0 Å². The van der Waals surface area contributed by atoms with E-state index in [-0.39, 0.29) is 5.38 Å². The van der Waals surface area contributed by atoms with Crippen molar-refractivity contribution in [3.8, 4) is 0 Å². The number of alkyl halides is 1. The third-order valence-electron chi connectivity index (χ3n) is 3.06. The predicted molar refractivity (Wildman–Crippen MR) is 70.4 cm³/mol. The van der Waals surface area contributed by atoms with Crippen molar-refractivity contribution < 1.29 is 0 Å². The van der Waals surface area contributed by atoms with Gasteiger partial charge in [-0.05, 0) is 30.9 Å². The van der Waals surface area contributed by atoms with Crippen LogP contribution in [0, 0.1) is 5.92 Å². The highest BCUT2D eigenvalue weighted by Gasteiger charge is 2.29. The van der Waals surface area contributed by atoms with E-state index < -0.39 is 0 Å². The Morgan fingerprint density at radius 3 is 2.82 bits per heavy atom. The second kappa shape index (κ2) is 4.49. The molecular formula is C13H14ClN3. The predicted octanol–water partition coefficient (Wildman–Crippen LogP) is 3.06. The van der Waals surface area contributed by atoms with E-state index in [1.165, 1.54) is 12.8 Å². The first-order chi connectivity index (χ1) is 8.33. The molecule has 3 nitrogen and oxygen atoms in total. The first-order valence-corrected chi connectivity index (χ1v) is 6.36. The van der Waals surface area contributed by atoms with Gasteiger partial charge < -0.3 is 5.32 Å². The maximum Gasteiger partial charge on any atom is 0.145 e. The van der Waals surface area contributed by atoms with Crippen LogP contribution >= 0.6 is 11.6 Å². The van der Waals surface area contributed by atoms with E-state index in [4.69, 9.17) is 11.6 Å². The van der Waals surface area contributed by atoms with Crippen LogP contribution in [0.3, 0.4) is 0 Å². The zero-order valence-electron chi connectivity index (χ0n) is 9.44. The van der Waals surface area contributed by atoms with Crippen LogP contribution in [0.2, 0.25) is 0 Å². The van der Waals surface area contributed by atoms with Gasteiger partial charge in [-0.2, -0.15) is 0 Å². The Bertz CT molecular complexity index is 525. The molecule has 0 saturated heterocycles. The van der Waals surface area contributed by atoms with Gasteiger partial charge in [-0.25, -0.2) is 4.98 Å². The van der Waals surface area contributed by atoms with Crippen molar-refractivity contribution in [1.29, 1.82) is 0 Å². The lowest BCUT2D eigenvalue weighted by atomic mass is 10.3. The summed E-state index contributed by atoms with van der Waals surface area (Å²) in [5.74, 6) is 1.49. The molecule has 17 heavy (non-hydrogen) atoms. The number of anilines is 1. The van der Waals surface area contributed by atoms with Crippen molar-refractivity contribution in [2.45, 2.75) is 18.2 Å². The number of hydrogen-bond donors (Lipinski definition) is 1. The lowest BCUT2D eigenvalue weighted by Crippen LogP contribution is -2.16. The SMILES string of the molecule is ClC(CNc1cnc2ccccc2n1)C1CC1. The van der Waals surface area contributed by atoms with Crippen LogP contribution in [-0.4, -0.2) is 21.9 Å². The van der Waals surface area contributed by atoms with E-state index in [1.807, 2.05) is 24.3 Å². The van der Waals surface area contributed by atoms with Gasteiger partial charge in [0.05, 0.1) is 22.6 Å². The van der Waals surface area contributed by atoms with E-state index in [1.54, 1.807) is 6.20 Å². The number of fused-ring (bicyclic) bond motifs is 1. The van der Waals surface area contributed by atoms with E-state index in [0.29, 0.717) is 5.92 Å². The van der Waals surface area contributed by atoms with Crippen molar-refractivity contribution in [3.63, 3.8) is 0 Å². The molecular weight excluding hydrogens is 234 g/mol. The fourth-order valence-electron chi connectivity index (χ4n) is 1.87. The number of hydrogen-bond acceptors (Lipinski definition) is 3. The minimum Gasteiger partial charge on any atom is -0.367 e. The highest BCUT2D eigenvalue weighted by molar-refractivity contribution is 6.21. The van der Waals surface area contributed by atoms with Crippen molar-refractivity contribution in [2.75, 3.05) is 11.9 Å². The summed E-state index contributed by atoms with van der Waals surface area (Å²) >= 11 is 6.24. The molecule has 88 valence electrons. The number of halogens is 1. The molecule has 1 aliphatic rings. The minimum atomic E-state index is 0.211. The summed E-state index contributed by atoms with van der Waals surface area (Å²) in [4.78, 5) is 8.85. The van der Waals surface area contributed by atoms with Crippen LogP contribution in [-0.2, 0) is 0 Å². The highest BCUT2D eigenvalue weighted by atomic mass is 35.5. The molecule has 1 aromatic carbocycles. The standard InChI is InChI=1S/C13H14ClN3/c14-10(9-5-6-9)7-16-13-8-15-11-3-1-2-4-12(11)17-13/h1-4,8-10H,5-7H2,(H,16,17). The van der Waals surface area contributed by atoms with Gasteiger partial charge in [-0.15, -0.1) is 11.6 Å². The number of benzene rings is 1. The van der Waals surface area contributed by atoms with Gasteiger partial charge in [-0.3, -0.25) is 4.98 Å². The van der Waals surface area contributed by atoms with Gasteiger partial charge >= 0.3 is 0 Å². The topological polar surface area (TPSA) is 37.8 Å². The normalized spacial score (nSPS) is 17.0. The Morgan fingerprint density at radius 2 is 2.06 bits per heavy atom. The number of para-hydroxylation sites is 2. The number of aromatic nitrogens is 2. The molecule has 0 bridgehead atoms. The van der Waals surface area contributed by atoms with Crippen LogP contribution < -0.4 is 5.32 Å². The Morgan fingerprint density at radius 1 is 1.29 bits per heavy atom. The molecule has 0 spiro atoms. The lowest BCUT2D eigenvalue weighted by Gasteiger charge is -2.10. The highest BCUT2D eigenvalue weighted by Crippen LogP contribution is 2.35. The van der Waals surface area contributed by atoms with Gasteiger partial charge in [0.1, 0.15) is 5.82 Å². The number of rotatable bonds is 4. The summed E-state index contributed by atoms with van der Waals surface area (Å²) in [7, 11) is 0. The van der Waals surface area contributed by atoms with Crippen molar-refractivity contribution in [3.05, 3.63) is 30.5 Å². The summed E-state index contributed by atoms with van der Waals surface area (Å²) in [6.07, 6.45) is 4.29. The smallest absolute Gasteiger partial charge is 0.145 e. The maximum absolute atomic E-state index is 6.24. The molecule has 1 unspecified atom stereocenters. The third-order valence-corrected chi connectivity index (χ3v) is 3.57. The second-order valence-corrected chi connectivity index (χ2v) is 5.04. The molecule has 0 aliphatic heterocycles. The average Bonchev–Trinajstić information content (AvgIpc) is 3.20. The Balaban J connectivity index is 1.71. The molecule has 1 fully saturated rings. The maximum atomic E-state index is 6.24. The van der Waals surface area contributed by atoms with Gasteiger partial charge in [0.15, 0.2) is 0 Å². The van der Waals surface area contributed by atoms with Crippen LogP contribution in [0.5, 0.6) is 0 Å². The van der Waals surface area contributed by atoms with Crippen molar-refractivity contribution >= 4 is 28.5 Å². The van der Waals surface area contributed by atoms with Crippen LogP contribution in [0.4, 0.5) is 5.82 Å². The molecule has 0 amide bonds. The molecule has 2 aromatic rings. The first-order valence-electron chi connectivity index (χ1n) is 5.92. The van der Waals surface area contributed by atoms with Crippen LogP contribution in [0.15, 0.2) is 30.5 Å². The van der Waals surface area contributed by atoms with Crippen molar-refractivity contribution in [1.82, 2.24) is 9.97 Å². The Hall–Kier alpha value is -1.35. The van der Waals surface area contributed by atoms with Crippen molar-refractivity contribution in [2.24, 2.45) is 5.92 Å². The molecule has 1 heterocycles. The molecule has 1 N–H and O–H groups in total. The first kappa shape index (κ1) is 10.8. The van der Waals surface area contributed by atoms with Crippen LogP contribution in [0.1, 0.15) is 12.8 Å². The molecule has 4 heteroatoms. The van der Waals surface area contributed by atoms with E-state index in [0.717, 1.165) is 23.4 Å². The molecule has 3 rings (SSSR count). The van der Waals surface area contributed by atoms with E-state index >= 15 is 0 Å². The second-order valence-electron chi connectivity index (χ2n) is 4.48. The summed E-state index contributed by atoms with van der Waals surface area (Å²) in [5.41, 5.74) is 1.83. The third kappa shape index (κ3) is 2.50. The van der Waals surface area contributed by atoms with Gasteiger partial charge in [-0.1, -0.05) is 12.1 Å². The zero-order valence-corrected chi connectivity index (χ0v) is 10.2.